The standard InChI is InChI=1S/C13H12F5NO4/c1-4-23-12(21)7-5(2)6(11(20)22-3)8(10(14)15)19-9(7)13(16,17)18/h10H,4H2,1-3H3. The van der Waals surface area contributed by atoms with E-state index in [-0.39, 0.29) is 6.61 Å². The minimum atomic E-state index is -5.19. The fourth-order valence-electron chi connectivity index (χ4n) is 1.90. The molecule has 1 aromatic heterocycles. The van der Waals surface area contributed by atoms with Crippen molar-refractivity contribution in [3.8, 4) is 0 Å². The predicted octanol–water partition coefficient (Wildman–Crippen LogP) is 3.31. The third-order valence-electron chi connectivity index (χ3n) is 2.82. The number of esters is 2. The van der Waals surface area contributed by atoms with Crippen LogP contribution in [0.2, 0.25) is 0 Å². The van der Waals surface area contributed by atoms with Gasteiger partial charge in [-0.25, -0.2) is 23.4 Å². The number of nitrogens with zero attached hydrogens (tertiary/aromatic N) is 1. The number of alkyl halides is 5. The normalized spacial score (nSPS) is 11.5. The Labute approximate surface area is 127 Å². The van der Waals surface area contributed by atoms with Gasteiger partial charge >= 0.3 is 18.1 Å². The lowest BCUT2D eigenvalue weighted by Gasteiger charge is -2.18. The summed E-state index contributed by atoms with van der Waals surface area (Å²) in [6.07, 6.45) is -8.66. The molecule has 10 heteroatoms. The van der Waals surface area contributed by atoms with Gasteiger partial charge in [-0.2, -0.15) is 13.2 Å². The van der Waals surface area contributed by atoms with Crippen LogP contribution in [0, 0.1) is 6.92 Å². The van der Waals surface area contributed by atoms with Gasteiger partial charge in [-0.15, -0.1) is 0 Å². The van der Waals surface area contributed by atoms with E-state index in [0.29, 0.717) is 0 Å². The van der Waals surface area contributed by atoms with Gasteiger partial charge in [0.15, 0.2) is 5.69 Å². The molecule has 0 bridgehead atoms. The molecule has 0 spiro atoms. The zero-order valence-corrected chi connectivity index (χ0v) is 12.3. The third-order valence-corrected chi connectivity index (χ3v) is 2.82. The number of hydrogen-bond acceptors (Lipinski definition) is 5. The van der Waals surface area contributed by atoms with E-state index in [0.717, 1.165) is 14.0 Å². The molecule has 0 aliphatic carbocycles. The number of ether oxygens (including phenoxy) is 2. The molecule has 0 aromatic carbocycles. The molecule has 1 rings (SSSR count). The summed E-state index contributed by atoms with van der Waals surface area (Å²) in [5, 5.41) is 0. The highest BCUT2D eigenvalue weighted by Crippen LogP contribution is 2.36. The Kier molecular flexibility index (Phi) is 5.62. The van der Waals surface area contributed by atoms with Crippen molar-refractivity contribution in [1.29, 1.82) is 0 Å². The van der Waals surface area contributed by atoms with Crippen LogP contribution in [-0.4, -0.2) is 30.6 Å². The third kappa shape index (κ3) is 3.74. The first kappa shape index (κ1) is 18.8. The molecule has 128 valence electrons. The van der Waals surface area contributed by atoms with Crippen molar-refractivity contribution in [3.05, 3.63) is 28.1 Å². The quantitative estimate of drug-likeness (QED) is 0.621. The first-order chi connectivity index (χ1) is 10.6. The van der Waals surface area contributed by atoms with Crippen LogP contribution >= 0.6 is 0 Å². The molecular formula is C13H12F5NO4. The van der Waals surface area contributed by atoms with Crippen LogP contribution in [0.4, 0.5) is 22.0 Å². The summed E-state index contributed by atoms with van der Waals surface area (Å²) < 4.78 is 73.9. The van der Waals surface area contributed by atoms with Crippen molar-refractivity contribution >= 4 is 11.9 Å². The summed E-state index contributed by atoms with van der Waals surface area (Å²) in [6.45, 7) is 2.02. The second-order valence-corrected chi connectivity index (χ2v) is 4.23. The molecule has 5 nitrogen and oxygen atoms in total. The molecule has 1 heterocycles. The monoisotopic (exact) mass is 341 g/mol. The topological polar surface area (TPSA) is 65.5 Å². The second kappa shape index (κ2) is 6.88. The molecular weight excluding hydrogens is 329 g/mol. The largest absolute Gasteiger partial charge is 0.465 e. The number of carbonyl (C=O) groups is 2. The Bertz CT molecular complexity index is 628. The number of halogens is 5. The van der Waals surface area contributed by atoms with Crippen LogP contribution in [0.1, 0.15) is 51.0 Å². The van der Waals surface area contributed by atoms with E-state index in [1.165, 1.54) is 6.92 Å². The maximum Gasteiger partial charge on any atom is 0.434 e. The number of rotatable bonds is 4. The molecule has 0 fully saturated rings. The van der Waals surface area contributed by atoms with Crippen molar-refractivity contribution in [2.24, 2.45) is 0 Å². The lowest BCUT2D eigenvalue weighted by atomic mass is 9.98. The Morgan fingerprint density at radius 1 is 1.17 bits per heavy atom. The van der Waals surface area contributed by atoms with Gasteiger partial charge in [0.2, 0.25) is 0 Å². The van der Waals surface area contributed by atoms with Gasteiger partial charge in [-0.3, -0.25) is 0 Å². The SMILES string of the molecule is CCOC(=O)c1c(C(F)(F)F)nc(C(F)F)c(C(=O)OC)c1C. The van der Waals surface area contributed by atoms with Crippen LogP contribution < -0.4 is 0 Å². The minimum absolute atomic E-state index is 0.250. The van der Waals surface area contributed by atoms with Crippen LogP contribution in [0.15, 0.2) is 0 Å². The van der Waals surface area contributed by atoms with Crippen molar-refractivity contribution in [1.82, 2.24) is 4.98 Å². The van der Waals surface area contributed by atoms with E-state index in [4.69, 9.17) is 0 Å². The molecule has 0 amide bonds. The van der Waals surface area contributed by atoms with Gasteiger partial charge in [0, 0.05) is 0 Å². The molecule has 0 aliphatic heterocycles. The summed E-state index contributed by atoms with van der Waals surface area (Å²) in [6, 6.07) is 0. The van der Waals surface area contributed by atoms with Gasteiger partial charge in [0.1, 0.15) is 5.69 Å². The number of aromatic nitrogens is 1. The van der Waals surface area contributed by atoms with E-state index in [1.54, 1.807) is 0 Å². The Morgan fingerprint density at radius 3 is 2.13 bits per heavy atom. The maximum absolute atomic E-state index is 13.1. The molecule has 23 heavy (non-hydrogen) atoms. The van der Waals surface area contributed by atoms with E-state index >= 15 is 0 Å². The Morgan fingerprint density at radius 2 is 1.74 bits per heavy atom. The first-order valence-corrected chi connectivity index (χ1v) is 6.21. The van der Waals surface area contributed by atoms with Gasteiger partial charge in [0.25, 0.3) is 6.43 Å². The number of carbonyl (C=O) groups excluding carboxylic acids is 2. The molecule has 0 N–H and O–H groups in total. The summed E-state index contributed by atoms with van der Waals surface area (Å²) in [4.78, 5) is 26.2. The smallest absolute Gasteiger partial charge is 0.434 e. The highest BCUT2D eigenvalue weighted by molar-refractivity contribution is 5.99. The van der Waals surface area contributed by atoms with E-state index < -0.39 is 52.6 Å². The first-order valence-electron chi connectivity index (χ1n) is 6.21. The molecule has 0 unspecified atom stereocenters. The van der Waals surface area contributed by atoms with Crippen LogP contribution in [-0.2, 0) is 15.7 Å². The lowest BCUT2D eigenvalue weighted by molar-refractivity contribution is -0.142. The summed E-state index contributed by atoms with van der Waals surface area (Å²) >= 11 is 0. The van der Waals surface area contributed by atoms with Crippen molar-refractivity contribution in [3.63, 3.8) is 0 Å². The number of hydrogen-bond donors (Lipinski definition) is 0. The highest BCUT2D eigenvalue weighted by Gasteiger charge is 2.42. The lowest BCUT2D eigenvalue weighted by Crippen LogP contribution is -2.24. The molecule has 0 atom stereocenters. The maximum atomic E-state index is 13.1. The Balaban J connectivity index is 3.85. The molecule has 1 aromatic rings. The fourth-order valence-corrected chi connectivity index (χ4v) is 1.90. The summed E-state index contributed by atoms with van der Waals surface area (Å²) in [5.74, 6) is -2.75. The van der Waals surface area contributed by atoms with Crippen molar-refractivity contribution in [2.75, 3.05) is 13.7 Å². The highest BCUT2D eigenvalue weighted by atomic mass is 19.4. The Hall–Kier alpha value is -2.26. The summed E-state index contributed by atoms with van der Waals surface area (Å²) in [5.41, 5.74) is -5.86. The zero-order valence-electron chi connectivity index (χ0n) is 12.3. The van der Waals surface area contributed by atoms with Gasteiger partial charge in [0.05, 0.1) is 24.8 Å². The van der Waals surface area contributed by atoms with Gasteiger partial charge in [-0.05, 0) is 19.4 Å². The molecule has 0 saturated heterocycles. The molecule has 0 saturated carbocycles. The van der Waals surface area contributed by atoms with Crippen LogP contribution in [0.3, 0.4) is 0 Å². The number of pyridine rings is 1. The molecule has 0 radical (unpaired) electrons. The van der Waals surface area contributed by atoms with Crippen LogP contribution in [0.25, 0.3) is 0 Å². The second-order valence-electron chi connectivity index (χ2n) is 4.23. The van der Waals surface area contributed by atoms with E-state index in [2.05, 4.69) is 14.5 Å². The van der Waals surface area contributed by atoms with E-state index in [1.807, 2.05) is 0 Å². The van der Waals surface area contributed by atoms with Gasteiger partial charge in [-0.1, -0.05) is 0 Å². The fraction of sp³-hybridized carbons (Fsp3) is 0.462. The average molecular weight is 341 g/mol. The average Bonchev–Trinajstić information content (AvgIpc) is 2.44. The van der Waals surface area contributed by atoms with E-state index in [9.17, 15) is 31.5 Å². The minimum Gasteiger partial charge on any atom is -0.465 e. The van der Waals surface area contributed by atoms with Crippen LogP contribution in [0.5, 0.6) is 0 Å². The van der Waals surface area contributed by atoms with Crippen molar-refractivity contribution < 1.29 is 41.0 Å². The summed E-state index contributed by atoms with van der Waals surface area (Å²) in [7, 11) is 0.860. The van der Waals surface area contributed by atoms with Crippen molar-refractivity contribution in [2.45, 2.75) is 26.4 Å². The van der Waals surface area contributed by atoms with Gasteiger partial charge < -0.3 is 9.47 Å². The predicted molar refractivity (Wildman–Crippen MR) is 66.2 cm³/mol. The number of methoxy groups -OCH3 is 1. The zero-order chi connectivity index (χ0) is 17.9. The molecule has 0 aliphatic rings.